The fraction of sp³-hybridized carbons (Fsp3) is 0.188. The molecule has 1 amide bonds. The number of nitro groups is 2. The number of hydrogen-bond acceptors (Lipinski definition) is 7. The van der Waals surface area contributed by atoms with Crippen LogP contribution in [0.5, 0.6) is 11.5 Å². The first-order chi connectivity index (χ1) is 12.7. The number of hydrogen-bond donors (Lipinski definition) is 1. The molecule has 27 heavy (non-hydrogen) atoms. The van der Waals surface area contributed by atoms with Crippen LogP contribution < -0.4 is 14.8 Å². The van der Waals surface area contributed by atoms with Crippen molar-refractivity contribution in [3.05, 3.63) is 60.6 Å². The minimum absolute atomic E-state index is 0.146. The molecule has 0 aliphatic heterocycles. The summed E-state index contributed by atoms with van der Waals surface area (Å²) in [7, 11) is 2.74. The van der Waals surface area contributed by atoms with E-state index in [9.17, 15) is 25.0 Å². The zero-order valence-electron chi connectivity index (χ0n) is 14.4. The molecule has 0 atom stereocenters. The molecule has 2 aromatic carbocycles. The maximum Gasteiger partial charge on any atom is 0.279 e. The van der Waals surface area contributed by atoms with Crippen molar-refractivity contribution in [2.24, 2.45) is 0 Å². The van der Waals surface area contributed by atoms with Crippen LogP contribution in [-0.2, 0) is 0 Å². The predicted octanol–water partition coefficient (Wildman–Crippen LogP) is 3.73. The summed E-state index contributed by atoms with van der Waals surface area (Å²) in [6.07, 6.45) is 0. The summed E-state index contributed by atoms with van der Waals surface area (Å²) in [5, 5.41) is 25.0. The summed E-state index contributed by atoms with van der Waals surface area (Å²) in [6, 6.07) is 4.75. The van der Waals surface area contributed by atoms with Gasteiger partial charge in [0.05, 0.1) is 40.3 Å². The van der Waals surface area contributed by atoms with Gasteiger partial charge < -0.3 is 14.8 Å². The van der Waals surface area contributed by atoms with Gasteiger partial charge in [-0.25, -0.2) is 0 Å². The standard InChI is InChI=1S/C16H14ClN3O7/c1-8-12(19(22)23)4-9(5-13(8)20(24)25)16(21)18-11-7-14(26-2)10(17)6-15(11)27-3/h4-7H,1-3H3,(H,18,21). The van der Waals surface area contributed by atoms with Gasteiger partial charge in [0.15, 0.2) is 0 Å². The molecule has 2 aromatic rings. The van der Waals surface area contributed by atoms with Crippen LogP contribution in [0.25, 0.3) is 0 Å². The number of anilines is 1. The summed E-state index contributed by atoms with van der Waals surface area (Å²) >= 11 is 5.99. The summed E-state index contributed by atoms with van der Waals surface area (Å²) in [4.78, 5) is 33.3. The summed E-state index contributed by atoms with van der Waals surface area (Å²) in [5.41, 5.74) is -1.29. The van der Waals surface area contributed by atoms with Crippen LogP contribution in [0.4, 0.5) is 17.1 Å². The van der Waals surface area contributed by atoms with Crippen molar-refractivity contribution in [3.8, 4) is 11.5 Å². The second kappa shape index (κ2) is 7.87. The maximum absolute atomic E-state index is 12.5. The molecule has 11 heteroatoms. The summed E-state index contributed by atoms with van der Waals surface area (Å²) in [6.45, 7) is 1.24. The SMILES string of the molecule is COc1cc(NC(=O)c2cc([N+](=O)[O-])c(C)c([N+](=O)[O-])c2)c(OC)cc1Cl. The first kappa shape index (κ1) is 19.9. The molecule has 0 aromatic heterocycles. The molecule has 2 rings (SSSR count). The van der Waals surface area contributed by atoms with Crippen LogP contribution in [-0.4, -0.2) is 30.0 Å². The number of carbonyl (C=O) groups excluding carboxylic acids is 1. The van der Waals surface area contributed by atoms with Crippen molar-refractivity contribution < 1.29 is 24.1 Å². The second-order valence-corrected chi connectivity index (χ2v) is 5.70. The van der Waals surface area contributed by atoms with Crippen molar-refractivity contribution in [2.45, 2.75) is 6.92 Å². The average Bonchev–Trinajstić information content (AvgIpc) is 2.62. The minimum Gasteiger partial charge on any atom is -0.495 e. The number of halogens is 1. The zero-order chi connectivity index (χ0) is 20.3. The van der Waals surface area contributed by atoms with E-state index in [0.29, 0.717) is 0 Å². The monoisotopic (exact) mass is 395 g/mol. The highest BCUT2D eigenvalue weighted by atomic mass is 35.5. The lowest BCUT2D eigenvalue weighted by molar-refractivity contribution is -0.395. The number of amides is 1. The Morgan fingerprint density at radius 3 is 1.96 bits per heavy atom. The number of methoxy groups -OCH3 is 2. The lowest BCUT2D eigenvalue weighted by Crippen LogP contribution is -2.14. The number of rotatable bonds is 6. The van der Waals surface area contributed by atoms with E-state index in [1.807, 2.05) is 0 Å². The van der Waals surface area contributed by atoms with E-state index in [2.05, 4.69) is 5.32 Å². The van der Waals surface area contributed by atoms with Crippen molar-refractivity contribution in [2.75, 3.05) is 19.5 Å². The Hall–Kier alpha value is -3.40. The van der Waals surface area contributed by atoms with E-state index in [1.54, 1.807) is 0 Å². The van der Waals surface area contributed by atoms with Gasteiger partial charge in [0.1, 0.15) is 17.1 Å². The van der Waals surface area contributed by atoms with Gasteiger partial charge in [-0.3, -0.25) is 25.0 Å². The Balaban J connectivity index is 2.50. The molecule has 0 saturated heterocycles. The van der Waals surface area contributed by atoms with E-state index in [-0.39, 0.29) is 33.3 Å². The first-order valence-electron chi connectivity index (χ1n) is 7.35. The Kier molecular flexibility index (Phi) is 5.81. The highest BCUT2D eigenvalue weighted by Gasteiger charge is 2.26. The number of benzene rings is 2. The van der Waals surface area contributed by atoms with E-state index in [1.165, 1.54) is 33.3 Å². The van der Waals surface area contributed by atoms with Gasteiger partial charge in [-0.2, -0.15) is 0 Å². The minimum atomic E-state index is -0.802. The van der Waals surface area contributed by atoms with Gasteiger partial charge in [0, 0.05) is 24.3 Å². The third-order valence-electron chi connectivity index (χ3n) is 3.73. The topological polar surface area (TPSA) is 134 Å². The lowest BCUT2D eigenvalue weighted by Gasteiger charge is -2.13. The number of nitrogens with one attached hydrogen (secondary N) is 1. The molecule has 10 nitrogen and oxygen atoms in total. The lowest BCUT2D eigenvalue weighted by atomic mass is 10.1. The molecule has 0 aliphatic carbocycles. The number of carbonyl (C=O) groups is 1. The van der Waals surface area contributed by atoms with Crippen molar-refractivity contribution in [3.63, 3.8) is 0 Å². The molecule has 0 aliphatic rings. The maximum atomic E-state index is 12.5. The predicted molar refractivity (Wildman–Crippen MR) is 97.0 cm³/mol. The highest BCUT2D eigenvalue weighted by Crippen LogP contribution is 2.36. The Morgan fingerprint density at radius 1 is 1.00 bits per heavy atom. The van der Waals surface area contributed by atoms with Crippen molar-refractivity contribution in [1.82, 2.24) is 0 Å². The third-order valence-corrected chi connectivity index (χ3v) is 4.03. The van der Waals surface area contributed by atoms with Gasteiger partial charge in [-0.1, -0.05) is 11.6 Å². The van der Waals surface area contributed by atoms with Crippen LogP contribution in [0.15, 0.2) is 24.3 Å². The zero-order valence-corrected chi connectivity index (χ0v) is 15.2. The van der Waals surface area contributed by atoms with Crippen LogP contribution >= 0.6 is 11.6 Å². The summed E-state index contributed by atoms with van der Waals surface area (Å²) < 4.78 is 10.2. The van der Waals surface area contributed by atoms with Gasteiger partial charge >= 0.3 is 0 Å². The van der Waals surface area contributed by atoms with Crippen LogP contribution in [0, 0.1) is 27.2 Å². The molecule has 0 radical (unpaired) electrons. The van der Waals surface area contributed by atoms with Crippen LogP contribution in [0.3, 0.4) is 0 Å². The Labute approximate surface area is 157 Å². The number of nitro benzene ring substituents is 2. The number of ether oxygens (including phenoxy) is 2. The fourth-order valence-electron chi connectivity index (χ4n) is 2.35. The second-order valence-electron chi connectivity index (χ2n) is 5.29. The van der Waals surface area contributed by atoms with E-state index < -0.39 is 27.1 Å². The molecule has 0 bridgehead atoms. The largest absolute Gasteiger partial charge is 0.495 e. The van der Waals surface area contributed by atoms with Gasteiger partial charge in [0.25, 0.3) is 17.3 Å². The first-order valence-corrected chi connectivity index (χ1v) is 7.73. The molecule has 0 fully saturated rings. The van der Waals surface area contributed by atoms with E-state index in [0.717, 1.165) is 12.1 Å². The normalized spacial score (nSPS) is 10.2. The van der Waals surface area contributed by atoms with Crippen molar-refractivity contribution >= 4 is 34.6 Å². The molecular formula is C16H14ClN3O7. The fourth-order valence-corrected chi connectivity index (χ4v) is 2.58. The number of nitrogens with zero attached hydrogens (tertiary/aromatic N) is 2. The molecule has 0 heterocycles. The van der Waals surface area contributed by atoms with Crippen LogP contribution in [0.1, 0.15) is 15.9 Å². The molecule has 142 valence electrons. The molecule has 0 unspecified atom stereocenters. The Bertz CT molecular complexity index is 911. The summed E-state index contributed by atoms with van der Waals surface area (Å²) in [5.74, 6) is -0.331. The highest BCUT2D eigenvalue weighted by molar-refractivity contribution is 6.32. The quantitative estimate of drug-likeness (QED) is 0.581. The van der Waals surface area contributed by atoms with E-state index in [4.69, 9.17) is 21.1 Å². The third kappa shape index (κ3) is 4.06. The average molecular weight is 396 g/mol. The molecule has 0 saturated carbocycles. The molecule has 1 N–H and O–H groups in total. The van der Waals surface area contributed by atoms with Crippen LogP contribution in [0.2, 0.25) is 5.02 Å². The molecule has 0 spiro atoms. The van der Waals surface area contributed by atoms with E-state index >= 15 is 0 Å². The smallest absolute Gasteiger partial charge is 0.279 e. The van der Waals surface area contributed by atoms with Crippen molar-refractivity contribution in [1.29, 1.82) is 0 Å². The van der Waals surface area contributed by atoms with Gasteiger partial charge in [-0.15, -0.1) is 0 Å². The Morgan fingerprint density at radius 2 is 1.52 bits per heavy atom. The van der Waals surface area contributed by atoms with Gasteiger partial charge in [-0.05, 0) is 6.92 Å². The molecular weight excluding hydrogens is 382 g/mol. The van der Waals surface area contributed by atoms with Gasteiger partial charge in [0.2, 0.25) is 0 Å².